The SMILES string of the molecule is CCCn1cc(CNCCc2ccc(-c3ccccc3)cc2)c2cc(CNc3ccc(Cl)cc3)ccc21. The molecule has 1 aromatic heterocycles. The van der Waals surface area contributed by atoms with Gasteiger partial charge < -0.3 is 15.2 Å². The van der Waals surface area contributed by atoms with E-state index in [1.54, 1.807) is 0 Å². The molecule has 37 heavy (non-hydrogen) atoms. The van der Waals surface area contributed by atoms with E-state index in [-0.39, 0.29) is 0 Å². The van der Waals surface area contributed by atoms with Gasteiger partial charge in [-0.05, 0) is 83.6 Å². The molecule has 0 aliphatic carbocycles. The fraction of sp³-hybridized carbons (Fsp3) is 0.212. The van der Waals surface area contributed by atoms with Crippen molar-refractivity contribution in [3.05, 3.63) is 125 Å². The summed E-state index contributed by atoms with van der Waals surface area (Å²) < 4.78 is 2.39. The molecule has 188 valence electrons. The summed E-state index contributed by atoms with van der Waals surface area (Å²) in [6.45, 7) is 5.86. The summed E-state index contributed by atoms with van der Waals surface area (Å²) in [4.78, 5) is 0. The minimum atomic E-state index is 0.755. The number of anilines is 1. The Labute approximate surface area is 225 Å². The molecule has 2 N–H and O–H groups in total. The van der Waals surface area contributed by atoms with Crippen molar-refractivity contribution in [2.75, 3.05) is 11.9 Å². The molecular formula is C33H34ClN3. The first-order chi connectivity index (χ1) is 18.2. The number of nitrogens with one attached hydrogen (secondary N) is 2. The van der Waals surface area contributed by atoms with Crippen LogP contribution in [0.25, 0.3) is 22.0 Å². The molecule has 0 atom stereocenters. The second kappa shape index (κ2) is 12.1. The molecule has 0 amide bonds. The van der Waals surface area contributed by atoms with E-state index in [0.29, 0.717) is 0 Å². The molecule has 4 aromatic carbocycles. The van der Waals surface area contributed by atoms with Crippen LogP contribution in [0.2, 0.25) is 5.02 Å². The lowest BCUT2D eigenvalue weighted by molar-refractivity contribution is 0.674. The highest BCUT2D eigenvalue weighted by molar-refractivity contribution is 6.30. The van der Waals surface area contributed by atoms with E-state index in [2.05, 4.69) is 101 Å². The highest BCUT2D eigenvalue weighted by Gasteiger charge is 2.09. The van der Waals surface area contributed by atoms with Crippen LogP contribution < -0.4 is 10.6 Å². The molecule has 5 rings (SSSR count). The molecule has 0 aliphatic rings. The summed E-state index contributed by atoms with van der Waals surface area (Å²) in [5.74, 6) is 0. The normalized spacial score (nSPS) is 11.2. The van der Waals surface area contributed by atoms with Gasteiger partial charge in [0.15, 0.2) is 0 Å². The van der Waals surface area contributed by atoms with Gasteiger partial charge in [-0.15, -0.1) is 0 Å². The Bertz CT molecular complexity index is 1420. The highest BCUT2D eigenvalue weighted by atomic mass is 35.5. The zero-order chi connectivity index (χ0) is 25.5. The number of hydrogen-bond donors (Lipinski definition) is 2. The molecule has 0 aliphatic heterocycles. The fourth-order valence-corrected chi connectivity index (χ4v) is 4.94. The quantitative estimate of drug-likeness (QED) is 0.176. The van der Waals surface area contributed by atoms with Gasteiger partial charge in [0.25, 0.3) is 0 Å². The van der Waals surface area contributed by atoms with Crippen LogP contribution in [0.5, 0.6) is 0 Å². The van der Waals surface area contributed by atoms with Gasteiger partial charge in [-0.3, -0.25) is 0 Å². The van der Waals surface area contributed by atoms with Gasteiger partial charge in [0.2, 0.25) is 0 Å². The third-order valence-electron chi connectivity index (χ3n) is 6.80. The number of rotatable bonds is 11. The topological polar surface area (TPSA) is 29.0 Å². The number of hydrogen-bond acceptors (Lipinski definition) is 2. The standard InChI is InChI=1S/C33H34ClN3/c1-2-20-37-24-29(23-35-19-18-25-8-11-28(12-9-25)27-6-4-3-5-7-27)32-21-26(10-17-33(32)37)22-36-31-15-13-30(34)14-16-31/h3-17,21,24,35-36H,2,18-20,22-23H2,1H3. The van der Waals surface area contributed by atoms with Crippen molar-refractivity contribution in [1.82, 2.24) is 9.88 Å². The van der Waals surface area contributed by atoms with E-state index in [0.717, 1.165) is 49.7 Å². The lowest BCUT2D eigenvalue weighted by Crippen LogP contribution is -2.16. The number of fused-ring (bicyclic) bond motifs is 1. The van der Waals surface area contributed by atoms with Gasteiger partial charge in [-0.1, -0.05) is 79.2 Å². The first kappa shape index (κ1) is 25.1. The Morgan fingerprint density at radius 3 is 2.24 bits per heavy atom. The van der Waals surface area contributed by atoms with Crippen molar-refractivity contribution in [3.63, 3.8) is 0 Å². The second-order valence-electron chi connectivity index (χ2n) is 9.55. The number of benzene rings is 4. The number of halogens is 1. The Kier molecular flexibility index (Phi) is 8.25. The first-order valence-corrected chi connectivity index (χ1v) is 13.5. The smallest absolute Gasteiger partial charge is 0.0483 e. The zero-order valence-corrected chi connectivity index (χ0v) is 22.1. The number of nitrogens with zero attached hydrogens (tertiary/aromatic N) is 1. The van der Waals surface area contributed by atoms with Crippen LogP contribution in [-0.4, -0.2) is 11.1 Å². The van der Waals surface area contributed by atoms with Crippen LogP contribution in [0.4, 0.5) is 5.69 Å². The summed E-state index contributed by atoms with van der Waals surface area (Å²) in [6.07, 6.45) is 4.46. The van der Waals surface area contributed by atoms with Gasteiger partial charge in [-0.2, -0.15) is 0 Å². The van der Waals surface area contributed by atoms with E-state index < -0.39 is 0 Å². The summed E-state index contributed by atoms with van der Waals surface area (Å²) in [7, 11) is 0. The molecule has 0 radical (unpaired) electrons. The van der Waals surface area contributed by atoms with Crippen molar-refractivity contribution < 1.29 is 0 Å². The summed E-state index contributed by atoms with van der Waals surface area (Å²) in [5, 5.41) is 9.28. The van der Waals surface area contributed by atoms with E-state index in [1.807, 2.05) is 24.3 Å². The van der Waals surface area contributed by atoms with Crippen molar-refractivity contribution in [3.8, 4) is 11.1 Å². The highest BCUT2D eigenvalue weighted by Crippen LogP contribution is 2.25. The molecule has 4 heteroatoms. The lowest BCUT2D eigenvalue weighted by Gasteiger charge is -2.09. The van der Waals surface area contributed by atoms with Crippen LogP contribution in [0.1, 0.15) is 30.0 Å². The van der Waals surface area contributed by atoms with E-state index in [4.69, 9.17) is 11.6 Å². The number of aromatic nitrogens is 1. The van der Waals surface area contributed by atoms with Crippen molar-refractivity contribution in [1.29, 1.82) is 0 Å². The maximum absolute atomic E-state index is 6.02. The molecule has 0 unspecified atom stereocenters. The lowest BCUT2D eigenvalue weighted by atomic mass is 10.0. The predicted octanol–water partition coefficient (Wildman–Crippen LogP) is 8.32. The van der Waals surface area contributed by atoms with Crippen LogP contribution in [0.15, 0.2) is 103 Å². The Balaban J connectivity index is 1.22. The first-order valence-electron chi connectivity index (χ1n) is 13.1. The molecule has 1 heterocycles. The minimum Gasteiger partial charge on any atom is -0.381 e. The van der Waals surface area contributed by atoms with Gasteiger partial charge in [0, 0.05) is 47.4 Å². The average Bonchev–Trinajstić information content (AvgIpc) is 3.28. The maximum Gasteiger partial charge on any atom is 0.0483 e. The van der Waals surface area contributed by atoms with E-state index >= 15 is 0 Å². The predicted molar refractivity (Wildman–Crippen MR) is 158 cm³/mol. The summed E-state index contributed by atoms with van der Waals surface area (Å²) >= 11 is 6.02. The zero-order valence-electron chi connectivity index (χ0n) is 21.4. The van der Waals surface area contributed by atoms with Gasteiger partial charge in [0.05, 0.1) is 0 Å². The second-order valence-corrected chi connectivity index (χ2v) is 9.99. The fourth-order valence-electron chi connectivity index (χ4n) is 4.82. The average molecular weight is 508 g/mol. The third-order valence-corrected chi connectivity index (χ3v) is 7.05. The molecule has 0 spiro atoms. The minimum absolute atomic E-state index is 0.755. The molecule has 3 nitrogen and oxygen atoms in total. The van der Waals surface area contributed by atoms with Gasteiger partial charge >= 0.3 is 0 Å². The Morgan fingerprint density at radius 2 is 1.49 bits per heavy atom. The Hall–Kier alpha value is -3.53. The molecule has 5 aromatic rings. The monoisotopic (exact) mass is 507 g/mol. The van der Waals surface area contributed by atoms with Crippen molar-refractivity contribution in [2.45, 2.75) is 39.4 Å². The van der Waals surface area contributed by atoms with Crippen LogP contribution >= 0.6 is 11.6 Å². The van der Waals surface area contributed by atoms with Crippen molar-refractivity contribution >= 4 is 28.2 Å². The summed E-state index contributed by atoms with van der Waals surface area (Å²) in [6, 6.07) is 34.2. The van der Waals surface area contributed by atoms with Crippen LogP contribution in [0, 0.1) is 0 Å². The van der Waals surface area contributed by atoms with Crippen LogP contribution in [-0.2, 0) is 26.1 Å². The van der Waals surface area contributed by atoms with Gasteiger partial charge in [-0.25, -0.2) is 0 Å². The third kappa shape index (κ3) is 6.43. The van der Waals surface area contributed by atoms with E-state index in [1.165, 1.54) is 38.7 Å². The summed E-state index contributed by atoms with van der Waals surface area (Å²) in [5.41, 5.74) is 8.90. The molecule has 0 saturated carbocycles. The van der Waals surface area contributed by atoms with Gasteiger partial charge in [0.1, 0.15) is 0 Å². The Morgan fingerprint density at radius 1 is 0.757 bits per heavy atom. The molecule has 0 saturated heterocycles. The largest absolute Gasteiger partial charge is 0.381 e. The van der Waals surface area contributed by atoms with E-state index in [9.17, 15) is 0 Å². The maximum atomic E-state index is 6.02. The van der Waals surface area contributed by atoms with Crippen LogP contribution in [0.3, 0.4) is 0 Å². The van der Waals surface area contributed by atoms with Crippen molar-refractivity contribution in [2.24, 2.45) is 0 Å². The molecular weight excluding hydrogens is 474 g/mol. The molecule has 0 bridgehead atoms. The molecule has 0 fully saturated rings. The number of aryl methyl sites for hydroxylation is 1.